The Hall–Kier alpha value is -1.58. The lowest BCUT2D eigenvalue weighted by molar-refractivity contribution is 0.0696. The number of pyridine rings is 1. The van der Waals surface area contributed by atoms with Crippen LogP contribution in [0.3, 0.4) is 0 Å². The van der Waals surface area contributed by atoms with Gasteiger partial charge in [-0.15, -0.1) is 0 Å². The predicted octanol–water partition coefficient (Wildman–Crippen LogP) is 3.21. The molecule has 0 aliphatic carbocycles. The topological polar surface area (TPSA) is 53.4 Å². The Labute approximate surface area is 115 Å². The SMILES string of the molecule is CCc1cc(C(=O)O)cc(N(CC)CC(C)CC)n1. The Morgan fingerprint density at radius 1 is 1.37 bits per heavy atom. The third kappa shape index (κ3) is 4.23. The molecule has 1 heterocycles. The zero-order chi connectivity index (χ0) is 14.4. The standard InChI is InChI=1S/C15H24N2O2/c1-5-11(4)10-17(7-3)14-9-12(15(18)19)8-13(6-2)16-14/h8-9,11H,5-7,10H2,1-4H3,(H,18,19). The minimum Gasteiger partial charge on any atom is -0.478 e. The van der Waals surface area contributed by atoms with E-state index in [2.05, 4.69) is 30.7 Å². The highest BCUT2D eigenvalue weighted by Crippen LogP contribution is 2.18. The van der Waals surface area contributed by atoms with Crippen molar-refractivity contribution >= 4 is 11.8 Å². The van der Waals surface area contributed by atoms with Crippen LogP contribution in [0, 0.1) is 5.92 Å². The zero-order valence-corrected chi connectivity index (χ0v) is 12.3. The first kappa shape index (κ1) is 15.5. The largest absolute Gasteiger partial charge is 0.478 e. The van der Waals surface area contributed by atoms with Gasteiger partial charge in [0.2, 0.25) is 0 Å². The number of carboxylic acids is 1. The molecule has 0 saturated carbocycles. The fraction of sp³-hybridized carbons (Fsp3) is 0.600. The maximum atomic E-state index is 11.2. The van der Waals surface area contributed by atoms with E-state index in [1.54, 1.807) is 12.1 Å². The highest BCUT2D eigenvalue weighted by molar-refractivity contribution is 5.88. The summed E-state index contributed by atoms with van der Waals surface area (Å²) in [5, 5.41) is 9.17. The molecule has 4 heteroatoms. The maximum absolute atomic E-state index is 11.2. The highest BCUT2D eigenvalue weighted by Gasteiger charge is 2.14. The van der Waals surface area contributed by atoms with E-state index in [0.717, 1.165) is 37.4 Å². The lowest BCUT2D eigenvalue weighted by atomic mass is 10.1. The molecule has 1 N–H and O–H groups in total. The molecule has 1 atom stereocenters. The van der Waals surface area contributed by atoms with Crippen LogP contribution in [0.1, 0.15) is 50.2 Å². The Bertz CT molecular complexity index is 432. The van der Waals surface area contributed by atoms with Crippen LogP contribution < -0.4 is 4.90 Å². The van der Waals surface area contributed by atoms with Crippen LogP contribution in [0.15, 0.2) is 12.1 Å². The van der Waals surface area contributed by atoms with Crippen molar-refractivity contribution in [3.8, 4) is 0 Å². The van der Waals surface area contributed by atoms with Gasteiger partial charge in [-0.3, -0.25) is 0 Å². The Morgan fingerprint density at radius 3 is 2.53 bits per heavy atom. The van der Waals surface area contributed by atoms with Gasteiger partial charge in [-0.2, -0.15) is 0 Å². The van der Waals surface area contributed by atoms with E-state index in [-0.39, 0.29) is 0 Å². The zero-order valence-electron chi connectivity index (χ0n) is 12.3. The first-order valence-electron chi connectivity index (χ1n) is 7.00. The third-order valence-corrected chi connectivity index (χ3v) is 3.41. The molecule has 1 aromatic rings. The molecule has 0 aromatic carbocycles. The van der Waals surface area contributed by atoms with Crippen molar-refractivity contribution in [1.82, 2.24) is 4.98 Å². The number of aromatic carboxylic acids is 1. The van der Waals surface area contributed by atoms with E-state index in [1.807, 2.05) is 6.92 Å². The van der Waals surface area contributed by atoms with Gasteiger partial charge in [0, 0.05) is 18.8 Å². The first-order chi connectivity index (χ1) is 9.01. The number of rotatable bonds is 7. The summed E-state index contributed by atoms with van der Waals surface area (Å²) in [7, 11) is 0. The van der Waals surface area contributed by atoms with Gasteiger partial charge in [-0.1, -0.05) is 27.2 Å². The predicted molar refractivity (Wildman–Crippen MR) is 77.9 cm³/mol. The molecular formula is C15H24N2O2. The summed E-state index contributed by atoms with van der Waals surface area (Å²) >= 11 is 0. The number of aromatic nitrogens is 1. The molecule has 1 rings (SSSR count). The molecule has 0 bridgehead atoms. The Kier molecular flexibility index (Phi) is 5.80. The normalized spacial score (nSPS) is 12.2. The second kappa shape index (κ2) is 7.12. The molecule has 0 radical (unpaired) electrons. The van der Waals surface area contributed by atoms with Crippen LogP contribution in [0.2, 0.25) is 0 Å². The van der Waals surface area contributed by atoms with Gasteiger partial charge in [-0.05, 0) is 31.4 Å². The Balaban J connectivity index is 3.08. The third-order valence-electron chi connectivity index (χ3n) is 3.41. The molecule has 0 spiro atoms. The van der Waals surface area contributed by atoms with Crippen molar-refractivity contribution in [2.45, 2.75) is 40.5 Å². The van der Waals surface area contributed by atoms with Gasteiger partial charge in [0.05, 0.1) is 5.56 Å². The number of carboxylic acid groups (broad SMARTS) is 1. The van der Waals surface area contributed by atoms with Crippen LogP contribution in [-0.2, 0) is 6.42 Å². The van der Waals surface area contributed by atoms with Gasteiger partial charge >= 0.3 is 5.97 Å². The van der Waals surface area contributed by atoms with Crippen molar-refractivity contribution in [2.24, 2.45) is 5.92 Å². The van der Waals surface area contributed by atoms with Crippen LogP contribution in [0.4, 0.5) is 5.82 Å². The molecule has 0 aliphatic rings. The summed E-state index contributed by atoms with van der Waals surface area (Å²) < 4.78 is 0. The number of hydrogen-bond donors (Lipinski definition) is 1. The van der Waals surface area contributed by atoms with E-state index in [0.29, 0.717) is 11.5 Å². The molecule has 1 aromatic heterocycles. The van der Waals surface area contributed by atoms with E-state index in [1.165, 1.54) is 0 Å². The number of anilines is 1. The quantitative estimate of drug-likeness (QED) is 0.821. The minimum atomic E-state index is -0.891. The van der Waals surface area contributed by atoms with Gasteiger partial charge < -0.3 is 10.0 Å². The molecule has 4 nitrogen and oxygen atoms in total. The molecule has 0 amide bonds. The first-order valence-corrected chi connectivity index (χ1v) is 7.00. The number of aryl methyl sites for hydroxylation is 1. The van der Waals surface area contributed by atoms with Crippen molar-refractivity contribution in [3.05, 3.63) is 23.4 Å². The molecule has 1 unspecified atom stereocenters. The summed E-state index contributed by atoms with van der Waals surface area (Å²) in [6.45, 7) is 10.2. The molecule has 0 fully saturated rings. The van der Waals surface area contributed by atoms with Gasteiger partial charge in [0.25, 0.3) is 0 Å². The van der Waals surface area contributed by atoms with Crippen molar-refractivity contribution < 1.29 is 9.90 Å². The highest BCUT2D eigenvalue weighted by atomic mass is 16.4. The van der Waals surface area contributed by atoms with Gasteiger partial charge in [0.1, 0.15) is 5.82 Å². The summed E-state index contributed by atoms with van der Waals surface area (Å²) in [6, 6.07) is 3.33. The van der Waals surface area contributed by atoms with Gasteiger partial charge in [0.15, 0.2) is 0 Å². The van der Waals surface area contributed by atoms with Gasteiger partial charge in [-0.25, -0.2) is 9.78 Å². The minimum absolute atomic E-state index is 0.324. The monoisotopic (exact) mass is 264 g/mol. The van der Waals surface area contributed by atoms with Crippen LogP contribution in [-0.4, -0.2) is 29.1 Å². The average molecular weight is 264 g/mol. The van der Waals surface area contributed by atoms with E-state index < -0.39 is 5.97 Å². The van der Waals surface area contributed by atoms with Crippen molar-refractivity contribution in [3.63, 3.8) is 0 Å². The molecule has 19 heavy (non-hydrogen) atoms. The summed E-state index contributed by atoms with van der Waals surface area (Å²) in [4.78, 5) is 17.9. The van der Waals surface area contributed by atoms with E-state index in [9.17, 15) is 4.79 Å². The lowest BCUT2D eigenvalue weighted by Gasteiger charge is -2.25. The van der Waals surface area contributed by atoms with Crippen molar-refractivity contribution in [2.75, 3.05) is 18.0 Å². The smallest absolute Gasteiger partial charge is 0.335 e. The number of hydrogen-bond acceptors (Lipinski definition) is 3. The fourth-order valence-corrected chi connectivity index (χ4v) is 1.93. The molecule has 0 saturated heterocycles. The molecular weight excluding hydrogens is 240 g/mol. The fourth-order valence-electron chi connectivity index (χ4n) is 1.93. The second-order valence-electron chi connectivity index (χ2n) is 4.92. The summed E-state index contributed by atoms with van der Waals surface area (Å²) in [6.07, 6.45) is 1.85. The number of nitrogens with zero attached hydrogens (tertiary/aromatic N) is 2. The number of carbonyl (C=O) groups is 1. The summed E-state index contributed by atoms with van der Waals surface area (Å²) in [5.74, 6) is 0.456. The Morgan fingerprint density at radius 2 is 2.05 bits per heavy atom. The lowest BCUT2D eigenvalue weighted by Crippen LogP contribution is -2.29. The van der Waals surface area contributed by atoms with Crippen molar-refractivity contribution in [1.29, 1.82) is 0 Å². The average Bonchev–Trinajstić information content (AvgIpc) is 2.43. The van der Waals surface area contributed by atoms with Crippen LogP contribution in [0.25, 0.3) is 0 Å². The molecule has 106 valence electrons. The summed E-state index contributed by atoms with van der Waals surface area (Å²) in [5.41, 5.74) is 1.15. The maximum Gasteiger partial charge on any atom is 0.335 e. The second-order valence-corrected chi connectivity index (χ2v) is 4.92. The van der Waals surface area contributed by atoms with Crippen LogP contribution in [0.5, 0.6) is 0 Å². The molecule has 0 aliphatic heterocycles. The van der Waals surface area contributed by atoms with E-state index >= 15 is 0 Å². The van der Waals surface area contributed by atoms with E-state index in [4.69, 9.17) is 5.11 Å². The van der Waals surface area contributed by atoms with Crippen LogP contribution >= 0.6 is 0 Å².